The molecular formula is C22H29NOS. The number of hydrogen-bond acceptors (Lipinski definition) is 2. The highest BCUT2D eigenvalue weighted by atomic mass is 32.2. The molecule has 0 radical (unpaired) electrons. The Hall–Kier alpha value is -1.74. The van der Waals surface area contributed by atoms with E-state index in [1.807, 2.05) is 24.3 Å². The SMILES string of the molecule is CC(C)Sc1ccccc1C(=O)NCCCc1ccc(C(C)C)cc1. The van der Waals surface area contributed by atoms with Crippen LogP contribution in [0.25, 0.3) is 0 Å². The van der Waals surface area contributed by atoms with Crippen LogP contribution in [0.15, 0.2) is 53.4 Å². The van der Waals surface area contributed by atoms with Crippen LogP contribution in [-0.2, 0) is 6.42 Å². The van der Waals surface area contributed by atoms with Gasteiger partial charge in [0, 0.05) is 16.7 Å². The highest BCUT2D eigenvalue weighted by Gasteiger charge is 2.11. The molecule has 3 heteroatoms. The number of hydrogen-bond donors (Lipinski definition) is 1. The maximum absolute atomic E-state index is 12.5. The predicted molar refractivity (Wildman–Crippen MR) is 109 cm³/mol. The summed E-state index contributed by atoms with van der Waals surface area (Å²) in [6.45, 7) is 9.40. The van der Waals surface area contributed by atoms with Gasteiger partial charge in [0.05, 0.1) is 5.56 Å². The lowest BCUT2D eigenvalue weighted by Gasteiger charge is -2.11. The average molecular weight is 356 g/mol. The van der Waals surface area contributed by atoms with Crippen molar-refractivity contribution in [2.45, 2.75) is 56.6 Å². The van der Waals surface area contributed by atoms with E-state index in [1.54, 1.807) is 11.8 Å². The van der Waals surface area contributed by atoms with Crippen molar-refractivity contribution in [1.82, 2.24) is 5.32 Å². The second-order valence-corrected chi connectivity index (χ2v) is 8.54. The van der Waals surface area contributed by atoms with Gasteiger partial charge in [-0.25, -0.2) is 0 Å². The Morgan fingerprint density at radius 2 is 1.68 bits per heavy atom. The summed E-state index contributed by atoms with van der Waals surface area (Å²) < 4.78 is 0. The average Bonchev–Trinajstić information content (AvgIpc) is 2.59. The first-order valence-electron chi connectivity index (χ1n) is 9.10. The van der Waals surface area contributed by atoms with E-state index in [9.17, 15) is 4.79 Å². The molecule has 0 saturated heterocycles. The summed E-state index contributed by atoms with van der Waals surface area (Å²) >= 11 is 1.73. The Labute approximate surface area is 156 Å². The fourth-order valence-electron chi connectivity index (χ4n) is 2.67. The van der Waals surface area contributed by atoms with Crippen LogP contribution >= 0.6 is 11.8 Å². The molecule has 1 amide bonds. The van der Waals surface area contributed by atoms with E-state index >= 15 is 0 Å². The Bertz CT molecular complexity index is 677. The van der Waals surface area contributed by atoms with Gasteiger partial charge in [0.2, 0.25) is 0 Å². The van der Waals surface area contributed by atoms with Crippen LogP contribution < -0.4 is 5.32 Å². The molecule has 0 aliphatic carbocycles. The molecule has 134 valence electrons. The van der Waals surface area contributed by atoms with Gasteiger partial charge in [-0.15, -0.1) is 11.8 Å². The number of rotatable bonds is 8. The number of aryl methyl sites for hydroxylation is 1. The second-order valence-electron chi connectivity index (χ2n) is 6.92. The largest absolute Gasteiger partial charge is 0.352 e. The molecule has 0 unspecified atom stereocenters. The molecule has 2 rings (SSSR count). The van der Waals surface area contributed by atoms with Crippen LogP contribution in [0.3, 0.4) is 0 Å². The quantitative estimate of drug-likeness (QED) is 0.488. The third kappa shape index (κ3) is 6.24. The molecule has 0 fully saturated rings. The molecule has 0 bridgehead atoms. The van der Waals surface area contributed by atoms with Crippen LogP contribution in [-0.4, -0.2) is 17.7 Å². The van der Waals surface area contributed by atoms with Crippen LogP contribution in [0.2, 0.25) is 0 Å². The zero-order valence-corrected chi connectivity index (χ0v) is 16.5. The lowest BCUT2D eigenvalue weighted by atomic mass is 10.0. The number of benzene rings is 2. The third-order valence-electron chi connectivity index (χ3n) is 4.07. The van der Waals surface area contributed by atoms with Gasteiger partial charge in [0.25, 0.3) is 5.91 Å². The number of carbonyl (C=O) groups excluding carboxylic acids is 1. The molecule has 25 heavy (non-hydrogen) atoms. The van der Waals surface area contributed by atoms with Gasteiger partial charge in [0.15, 0.2) is 0 Å². The maximum Gasteiger partial charge on any atom is 0.252 e. The maximum atomic E-state index is 12.5. The van der Waals surface area contributed by atoms with Crippen molar-refractivity contribution in [2.24, 2.45) is 0 Å². The zero-order chi connectivity index (χ0) is 18.2. The second kappa shape index (κ2) is 9.67. The summed E-state index contributed by atoms with van der Waals surface area (Å²) in [7, 11) is 0. The van der Waals surface area contributed by atoms with Crippen LogP contribution in [0.1, 0.15) is 61.5 Å². The Kier molecular flexibility index (Phi) is 7.57. The van der Waals surface area contributed by atoms with Crippen LogP contribution in [0.4, 0.5) is 0 Å². The molecule has 0 heterocycles. The van der Waals surface area contributed by atoms with Crippen molar-refractivity contribution in [3.63, 3.8) is 0 Å². The van der Waals surface area contributed by atoms with Crippen molar-refractivity contribution in [2.75, 3.05) is 6.54 Å². The van der Waals surface area contributed by atoms with Crippen molar-refractivity contribution in [3.05, 3.63) is 65.2 Å². The van der Waals surface area contributed by atoms with Gasteiger partial charge in [-0.3, -0.25) is 4.79 Å². The fourth-order valence-corrected chi connectivity index (χ4v) is 3.62. The van der Waals surface area contributed by atoms with Crippen LogP contribution in [0.5, 0.6) is 0 Å². The normalized spacial score (nSPS) is 11.1. The van der Waals surface area contributed by atoms with E-state index in [4.69, 9.17) is 0 Å². The highest BCUT2D eigenvalue weighted by molar-refractivity contribution is 8.00. The molecule has 2 aromatic carbocycles. The van der Waals surface area contributed by atoms with E-state index < -0.39 is 0 Å². The Morgan fingerprint density at radius 3 is 2.32 bits per heavy atom. The highest BCUT2D eigenvalue weighted by Crippen LogP contribution is 2.26. The van der Waals surface area contributed by atoms with Crippen molar-refractivity contribution in [1.29, 1.82) is 0 Å². The minimum atomic E-state index is 0.0268. The Balaban J connectivity index is 1.83. The van der Waals surface area contributed by atoms with Gasteiger partial charge in [-0.2, -0.15) is 0 Å². The molecular weight excluding hydrogens is 326 g/mol. The summed E-state index contributed by atoms with van der Waals surface area (Å²) in [5.74, 6) is 0.594. The number of amides is 1. The monoisotopic (exact) mass is 355 g/mol. The summed E-state index contributed by atoms with van der Waals surface area (Å²) in [4.78, 5) is 13.5. The number of thioether (sulfide) groups is 1. The smallest absolute Gasteiger partial charge is 0.252 e. The van der Waals surface area contributed by atoms with Crippen molar-refractivity contribution in [3.8, 4) is 0 Å². The number of carbonyl (C=O) groups is 1. The lowest BCUT2D eigenvalue weighted by molar-refractivity contribution is 0.0950. The molecule has 0 aliphatic heterocycles. The minimum Gasteiger partial charge on any atom is -0.352 e. The predicted octanol–water partition coefficient (Wildman–Crippen LogP) is 5.67. The molecule has 0 aliphatic rings. The molecule has 0 atom stereocenters. The van der Waals surface area contributed by atoms with Gasteiger partial charge in [-0.05, 0) is 42.0 Å². The number of nitrogens with one attached hydrogen (secondary N) is 1. The summed E-state index contributed by atoms with van der Waals surface area (Å²) in [5, 5.41) is 3.52. The van der Waals surface area contributed by atoms with Crippen LogP contribution in [0, 0.1) is 0 Å². The Morgan fingerprint density at radius 1 is 1.00 bits per heavy atom. The molecule has 0 saturated carbocycles. The van der Waals surface area contributed by atoms with E-state index in [2.05, 4.69) is 57.3 Å². The first kappa shape index (κ1) is 19.6. The van der Waals surface area contributed by atoms with Gasteiger partial charge in [0.1, 0.15) is 0 Å². The van der Waals surface area contributed by atoms with E-state index in [0.29, 0.717) is 17.7 Å². The molecule has 0 spiro atoms. The molecule has 2 nitrogen and oxygen atoms in total. The first-order chi connectivity index (χ1) is 12.0. The van der Waals surface area contributed by atoms with Gasteiger partial charge >= 0.3 is 0 Å². The first-order valence-corrected chi connectivity index (χ1v) is 9.98. The standard InChI is InChI=1S/C22H29NOS/c1-16(2)19-13-11-18(12-14-19)8-7-15-23-22(24)20-9-5-6-10-21(20)25-17(3)4/h5-6,9-14,16-17H,7-8,15H2,1-4H3,(H,23,24). The van der Waals surface area contributed by atoms with Gasteiger partial charge < -0.3 is 5.32 Å². The molecule has 2 aromatic rings. The summed E-state index contributed by atoms with van der Waals surface area (Å²) in [6.07, 6.45) is 1.94. The van der Waals surface area contributed by atoms with E-state index in [0.717, 1.165) is 23.3 Å². The van der Waals surface area contributed by atoms with E-state index in [-0.39, 0.29) is 5.91 Å². The molecule has 1 N–H and O–H groups in total. The molecule has 0 aromatic heterocycles. The minimum absolute atomic E-state index is 0.0268. The zero-order valence-electron chi connectivity index (χ0n) is 15.7. The summed E-state index contributed by atoms with van der Waals surface area (Å²) in [6, 6.07) is 16.7. The fraction of sp³-hybridized carbons (Fsp3) is 0.409. The van der Waals surface area contributed by atoms with Crippen molar-refractivity contribution < 1.29 is 4.79 Å². The van der Waals surface area contributed by atoms with Crippen molar-refractivity contribution >= 4 is 17.7 Å². The topological polar surface area (TPSA) is 29.1 Å². The summed E-state index contributed by atoms with van der Waals surface area (Å²) in [5.41, 5.74) is 3.48. The third-order valence-corrected chi connectivity index (χ3v) is 5.15. The van der Waals surface area contributed by atoms with Gasteiger partial charge in [-0.1, -0.05) is 64.1 Å². The lowest BCUT2D eigenvalue weighted by Crippen LogP contribution is -2.25. The van der Waals surface area contributed by atoms with E-state index in [1.165, 1.54) is 11.1 Å².